The third-order valence-electron chi connectivity index (χ3n) is 8.91. The smallest absolute Gasteiger partial charge is 0.252 e. The summed E-state index contributed by atoms with van der Waals surface area (Å²) in [4.78, 5) is 26.0. The number of phenols is 1. The molecule has 0 radical (unpaired) electrons. The van der Waals surface area contributed by atoms with Crippen LogP contribution in [0.3, 0.4) is 0 Å². The summed E-state index contributed by atoms with van der Waals surface area (Å²) >= 11 is 0. The molecular formula is C32H30N2O3. The van der Waals surface area contributed by atoms with Gasteiger partial charge in [-0.2, -0.15) is 0 Å². The number of amides is 2. The first-order chi connectivity index (χ1) is 18.0. The zero-order valence-electron chi connectivity index (χ0n) is 20.8. The fraction of sp³-hybridized carbons (Fsp3) is 0.312. The molecule has 2 amide bonds. The van der Waals surface area contributed by atoms with E-state index in [4.69, 9.17) is 5.73 Å². The Morgan fingerprint density at radius 3 is 1.86 bits per heavy atom. The minimum absolute atomic E-state index is 0.105. The second kappa shape index (κ2) is 8.34. The standard InChI is InChI=1S/C32H30N2O3/c33-31(36)24-13-11-21-23-15-16-26(35)30-25(32(37)34-18-7-3-4-8-18)14-12-22(29(23)30)20-10-9-19(27(24)28(20)21)17-5-1-2-6-17/h9-18,35H,1-8H2,(H2,33,36)(H,34,37). The van der Waals surface area contributed by atoms with Crippen LogP contribution in [0.4, 0.5) is 0 Å². The molecule has 0 aliphatic heterocycles. The van der Waals surface area contributed by atoms with Gasteiger partial charge in [-0.05, 0) is 87.7 Å². The molecule has 5 aromatic rings. The average molecular weight is 491 g/mol. The maximum absolute atomic E-state index is 13.4. The molecule has 2 aliphatic carbocycles. The minimum Gasteiger partial charge on any atom is -0.507 e. The van der Waals surface area contributed by atoms with Crippen LogP contribution in [0.5, 0.6) is 5.75 Å². The molecule has 5 nitrogen and oxygen atoms in total. The lowest BCUT2D eigenvalue weighted by Gasteiger charge is -2.21. The molecule has 7 rings (SSSR count). The second-order valence-electron chi connectivity index (χ2n) is 11.0. The van der Waals surface area contributed by atoms with Crippen molar-refractivity contribution < 1.29 is 14.7 Å². The van der Waals surface area contributed by atoms with E-state index >= 15 is 0 Å². The predicted molar refractivity (Wildman–Crippen MR) is 149 cm³/mol. The van der Waals surface area contributed by atoms with E-state index in [9.17, 15) is 14.7 Å². The summed E-state index contributed by atoms with van der Waals surface area (Å²) in [5, 5.41) is 21.7. The quantitative estimate of drug-likeness (QED) is 0.190. The summed E-state index contributed by atoms with van der Waals surface area (Å²) in [6, 6.07) is 15.8. The van der Waals surface area contributed by atoms with Gasteiger partial charge in [0, 0.05) is 22.4 Å². The van der Waals surface area contributed by atoms with Gasteiger partial charge in [-0.15, -0.1) is 0 Å². The van der Waals surface area contributed by atoms with E-state index in [-0.39, 0.29) is 17.7 Å². The number of primary amides is 1. The van der Waals surface area contributed by atoms with E-state index in [0.29, 0.717) is 22.4 Å². The topological polar surface area (TPSA) is 92.4 Å². The van der Waals surface area contributed by atoms with Crippen molar-refractivity contribution in [3.63, 3.8) is 0 Å². The van der Waals surface area contributed by atoms with Crippen LogP contribution >= 0.6 is 0 Å². The highest BCUT2D eigenvalue weighted by molar-refractivity contribution is 6.36. The Kier molecular flexibility index (Phi) is 5.04. The van der Waals surface area contributed by atoms with Crippen LogP contribution in [0.2, 0.25) is 0 Å². The predicted octanol–water partition coefficient (Wildman–Crippen LogP) is 6.87. The van der Waals surface area contributed by atoms with Crippen molar-refractivity contribution in [2.45, 2.75) is 63.3 Å². The van der Waals surface area contributed by atoms with Crippen molar-refractivity contribution in [1.29, 1.82) is 0 Å². The Morgan fingerprint density at radius 2 is 1.22 bits per heavy atom. The monoisotopic (exact) mass is 490 g/mol. The molecule has 37 heavy (non-hydrogen) atoms. The second-order valence-corrected chi connectivity index (χ2v) is 11.0. The van der Waals surface area contributed by atoms with Crippen LogP contribution in [-0.2, 0) is 0 Å². The molecule has 0 atom stereocenters. The number of nitrogens with two attached hydrogens (primary N) is 1. The highest BCUT2D eigenvalue weighted by Gasteiger charge is 2.26. The van der Waals surface area contributed by atoms with Gasteiger partial charge < -0.3 is 16.2 Å². The van der Waals surface area contributed by atoms with Gasteiger partial charge in [0.2, 0.25) is 5.91 Å². The Morgan fingerprint density at radius 1 is 0.676 bits per heavy atom. The number of phenolic OH excluding ortho intramolecular Hbond substituents is 1. The van der Waals surface area contributed by atoms with Crippen LogP contribution in [0, 0.1) is 0 Å². The number of nitrogens with one attached hydrogen (secondary N) is 1. The number of hydrogen-bond acceptors (Lipinski definition) is 3. The first-order valence-electron chi connectivity index (χ1n) is 13.5. The Bertz CT molecular complexity index is 1710. The summed E-state index contributed by atoms with van der Waals surface area (Å²) in [5.74, 6) is -0.0236. The maximum atomic E-state index is 13.4. The summed E-state index contributed by atoms with van der Waals surface area (Å²) in [5.41, 5.74) is 8.17. The van der Waals surface area contributed by atoms with E-state index in [1.165, 1.54) is 18.4 Å². The molecule has 5 heteroatoms. The van der Waals surface area contributed by atoms with Gasteiger partial charge in [-0.1, -0.05) is 56.0 Å². The number of carbonyl (C=O) groups is 2. The minimum atomic E-state index is -0.413. The molecule has 0 unspecified atom stereocenters. The van der Waals surface area contributed by atoms with E-state index in [0.717, 1.165) is 76.2 Å². The Labute approximate surface area is 215 Å². The normalized spacial score (nSPS) is 17.1. The molecular weight excluding hydrogens is 460 g/mol. The van der Waals surface area contributed by atoms with Crippen molar-refractivity contribution in [1.82, 2.24) is 5.32 Å². The highest BCUT2D eigenvalue weighted by atomic mass is 16.3. The van der Waals surface area contributed by atoms with Gasteiger partial charge in [0.25, 0.3) is 5.91 Å². The van der Waals surface area contributed by atoms with Crippen molar-refractivity contribution in [2.75, 3.05) is 0 Å². The van der Waals surface area contributed by atoms with Gasteiger partial charge in [-0.3, -0.25) is 9.59 Å². The van der Waals surface area contributed by atoms with Gasteiger partial charge in [0.15, 0.2) is 0 Å². The lowest BCUT2D eigenvalue weighted by Crippen LogP contribution is -2.32. The highest BCUT2D eigenvalue weighted by Crippen LogP contribution is 2.47. The summed E-state index contributed by atoms with van der Waals surface area (Å²) in [6.45, 7) is 0. The Hall–Kier alpha value is -3.86. The molecule has 0 aromatic heterocycles. The van der Waals surface area contributed by atoms with Crippen LogP contribution in [0.1, 0.15) is 83.6 Å². The average Bonchev–Trinajstić information content (AvgIpc) is 3.62. The van der Waals surface area contributed by atoms with Crippen molar-refractivity contribution in [3.05, 3.63) is 65.2 Å². The van der Waals surface area contributed by atoms with Crippen molar-refractivity contribution in [2.24, 2.45) is 5.73 Å². The van der Waals surface area contributed by atoms with Gasteiger partial charge >= 0.3 is 0 Å². The molecule has 186 valence electrons. The molecule has 2 fully saturated rings. The largest absolute Gasteiger partial charge is 0.507 e. The molecule has 0 heterocycles. The van der Waals surface area contributed by atoms with Gasteiger partial charge in [0.05, 0.1) is 5.56 Å². The third kappa shape index (κ3) is 3.29. The van der Waals surface area contributed by atoms with E-state index in [1.54, 1.807) is 6.07 Å². The molecule has 0 spiro atoms. The van der Waals surface area contributed by atoms with E-state index < -0.39 is 5.91 Å². The maximum Gasteiger partial charge on any atom is 0.252 e. The van der Waals surface area contributed by atoms with E-state index in [2.05, 4.69) is 17.4 Å². The first-order valence-corrected chi connectivity index (χ1v) is 13.5. The number of fused-ring (bicyclic) bond motifs is 2. The molecule has 2 aliphatic rings. The van der Waals surface area contributed by atoms with E-state index in [1.807, 2.05) is 30.3 Å². The van der Waals surface area contributed by atoms with Crippen molar-refractivity contribution in [3.8, 4) is 5.75 Å². The Balaban J connectivity index is 1.56. The van der Waals surface area contributed by atoms with Crippen LogP contribution in [0.25, 0.3) is 43.1 Å². The number of rotatable bonds is 4. The summed E-state index contributed by atoms with van der Waals surface area (Å²) in [7, 11) is 0. The van der Waals surface area contributed by atoms with Gasteiger partial charge in [0.1, 0.15) is 5.75 Å². The summed E-state index contributed by atoms with van der Waals surface area (Å²) < 4.78 is 0. The fourth-order valence-electron chi connectivity index (χ4n) is 7.20. The van der Waals surface area contributed by atoms with Crippen LogP contribution < -0.4 is 11.1 Å². The van der Waals surface area contributed by atoms with Gasteiger partial charge in [-0.25, -0.2) is 0 Å². The molecule has 0 bridgehead atoms. The lowest BCUT2D eigenvalue weighted by molar-refractivity contribution is 0.0938. The van der Waals surface area contributed by atoms with Crippen molar-refractivity contribution >= 4 is 54.9 Å². The zero-order valence-corrected chi connectivity index (χ0v) is 20.8. The summed E-state index contributed by atoms with van der Waals surface area (Å²) in [6.07, 6.45) is 8.92. The molecule has 0 saturated heterocycles. The molecule has 2 saturated carbocycles. The lowest BCUT2D eigenvalue weighted by atomic mass is 9.82. The number of hydrogen-bond donors (Lipinski definition) is 3. The van der Waals surface area contributed by atoms with Crippen LogP contribution in [0.15, 0.2) is 48.5 Å². The SMILES string of the molecule is NC(=O)c1ccc2c3ccc(O)c4c(C(=O)NC5CCCC5)ccc(c5ccc(C6CCCC6)c1c25)c43. The molecule has 5 aromatic carbocycles. The number of benzene rings is 5. The first kappa shape index (κ1) is 22.3. The number of aromatic hydroxyl groups is 1. The number of carbonyl (C=O) groups excluding carboxylic acids is 2. The molecule has 4 N–H and O–H groups in total. The third-order valence-corrected chi connectivity index (χ3v) is 8.91. The fourth-order valence-corrected chi connectivity index (χ4v) is 7.20. The zero-order chi connectivity index (χ0) is 25.3. The van der Waals surface area contributed by atoms with Crippen LogP contribution in [-0.4, -0.2) is 23.0 Å².